The summed E-state index contributed by atoms with van der Waals surface area (Å²) in [6.07, 6.45) is 1.90. The second-order valence-electron chi connectivity index (χ2n) is 8.50. The van der Waals surface area contributed by atoms with Crippen LogP contribution in [0.1, 0.15) is 44.1 Å². The van der Waals surface area contributed by atoms with E-state index in [2.05, 4.69) is 16.4 Å². The van der Waals surface area contributed by atoms with Crippen LogP contribution in [-0.4, -0.2) is 29.0 Å². The van der Waals surface area contributed by atoms with E-state index in [9.17, 15) is 19.2 Å². The van der Waals surface area contributed by atoms with Gasteiger partial charge in [-0.2, -0.15) is 10.5 Å². The number of aromatic nitrogens is 1. The molecule has 1 aromatic carbocycles. The van der Waals surface area contributed by atoms with Gasteiger partial charge < -0.3 is 10.1 Å². The fraction of sp³-hybridized carbons (Fsp3) is 0.400. The summed E-state index contributed by atoms with van der Waals surface area (Å²) in [5.41, 5.74) is 1.78. The van der Waals surface area contributed by atoms with Gasteiger partial charge in [-0.05, 0) is 67.5 Å². The lowest BCUT2D eigenvalue weighted by Gasteiger charge is -2.31. The van der Waals surface area contributed by atoms with Gasteiger partial charge in [0.1, 0.15) is 35.7 Å². The highest BCUT2D eigenvalue weighted by Crippen LogP contribution is 2.34. The van der Waals surface area contributed by atoms with Crippen LogP contribution in [0.4, 0.5) is 10.2 Å². The number of carbonyl (C=O) groups is 2. The molecule has 0 bridgehead atoms. The van der Waals surface area contributed by atoms with Crippen molar-refractivity contribution in [1.82, 2.24) is 4.98 Å². The SMILES string of the molecule is N#CCC(=O)C1CC[C@H](Oc2ccc(-c3ccnc(NC(=O)C4CC4)c3)cc2C#N)[C@H](F)C1. The molecular weight excluding hydrogens is 423 g/mol. The smallest absolute Gasteiger partial charge is 0.228 e. The van der Waals surface area contributed by atoms with Gasteiger partial charge in [-0.1, -0.05) is 6.07 Å². The summed E-state index contributed by atoms with van der Waals surface area (Å²) in [6, 6.07) is 12.5. The minimum absolute atomic E-state index is 0.0253. The van der Waals surface area contributed by atoms with Gasteiger partial charge in [0, 0.05) is 18.0 Å². The average Bonchev–Trinajstić information content (AvgIpc) is 3.66. The summed E-state index contributed by atoms with van der Waals surface area (Å²) < 4.78 is 20.5. The van der Waals surface area contributed by atoms with E-state index in [0.717, 1.165) is 24.0 Å². The summed E-state index contributed by atoms with van der Waals surface area (Å²) in [5, 5.41) is 21.1. The van der Waals surface area contributed by atoms with Crippen molar-refractivity contribution < 1.29 is 18.7 Å². The molecule has 2 aromatic rings. The molecule has 0 radical (unpaired) electrons. The average molecular weight is 446 g/mol. The van der Waals surface area contributed by atoms with Crippen LogP contribution in [-0.2, 0) is 9.59 Å². The third-order valence-electron chi connectivity index (χ3n) is 6.09. The molecule has 0 spiro atoms. The molecule has 0 saturated heterocycles. The minimum atomic E-state index is -1.35. The lowest BCUT2D eigenvalue weighted by Crippen LogP contribution is -2.37. The molecule has 1 heterocycles. The number of benzene rings is 1. The van der Waals surface area contributed by atoms with Gasteiger partial charge >= 0.3 is 0 Å². The monoisotopic (exact) mass is 446 g/mol. The van der Waals surface area contributed by atoms with Crippen LogP contribution in [0.15, 0.2) is 36.5 Å². The Balaban J connectivity index is 1.46. The summed E-state index contributed by atoms with van der Waals surface area (Å²) in [7, 11) is 0. The van der Waals surface area contributed by atoms with E-state index in [-0.39, 0.29) is 41.8 Å². The number of anilines is 1. The van der Waals surface area contributed by atoms with E-state index in [0.29, 0.717) is 18.7 Å². The van der Waals surface area contributed by atoms with Gasteiger partial charge in [0.15, 0.2) is 0 Å². The normalized spacial score (nSPS) is 22.0. The van der Waals surface area contributed by atoms with E-state index < -0.39 is 18.2 Å². The molecule has 2 aliphatic carbocycles. The van der Waals surface area contributed by atoms with E-state index in [1.807, 2.05) is 6.07 Å². The third-order valence-corrected chi connectivity index (χ3v) is 6.09. The van der Waals surface area contributed by atoms with Crippen molar-refractivity contribution in [3.8, 4) is 29.0 Å². The fourth-order valence-corrected chi connectivity index (χ4v) is 4.05. The molecule has 2 saturated carbocycles. The van der Waals surface area contributed by atoms with E-state index in [1.54, 1.807) is 36.5 Å². The van der Waals surface area contributed by atoms with Gasteiger partial charge in [0.05, 0.1) is 18.1 Å². The van der Waals surface area contributed by atoms with Gasteiger partial charge in [0.25, 0.3) is 0 Å². The molecule has 4 rings (SSSR count). The molecule has 3 atom stereocenters. The molecule has 1 N–H and O–H groups in total. The molecule has 2 fully saturated rings. The van der Waals surface area contributed by atoms with Crippen molar-refractivity contribution in [3.63, 3.8) is 0 Å². The van der Waals surface area contributed by atoms with Crippen LogP contribution in [0.3, 0.4) is 0 Å². The zero-order valence-corrected chi connectivity index (χ0v) is 18.0. The first kappa shape index (κ1) is 22.4. The molecule has 8 heteroatoms. The number of pyridine rings is 1. The van der Waals surface area contributed by atoms with Gasteiger partial charge in [-0.3, -0.25) is 9.59 Å². The Hall–Kier alpha value is -3.78. The molecule has 1 aromatic heterocycles. The maximum atomic E-state index is 14.7. The molecule has 33 heavy (non-hydrogen) atoms. The number of carbonyl (C=O) groups excluding carboxylic acids is 2. The molecule has 0 aliphatic heterocycles. The number of nitriles is 2. The van der Waals surface area contributed by atoms with Crippen molar-refractivity contribution in [2.24, 2.45) is 11.8 Å². The topological polar surface area (TPSA) is 116 Å². The summed E-state index contributed by atoms with van der Waals surface area (Å²) in [6.45, 7) is 0. The lowest BCUT2D eigenvalue weighted by molar-refractivity contribution is -0.124. The van der Waals surface area contributed by atoms with E-state index in [1.165, 1.54) is 0 Å². The summed E-state index contributed by atoms with van der Waals surface area (Å²) in [5.74, 6) is 0.0735. The largest absolute Gasteiger partial charge is 0.486 e. The second kappa shape index (κ2) is 9.79. The number of rotatable bonds is 7. The van der Waals surface area contributed by atoms with Crippen molar-refractivity contribution in [3.05, 3.63) is 42.1 Å². The van der Waals surface area contributed by atoms with Gasteiger partial charge in [-0.25, -0.2) is 9.37 Å². The first-order valence-electron chi connectivity index (χ1n) is 11.0. The standard InChI is InChI=1S/C25H23FN4O3/c26-20-12-18(21(31)7-9-27)4-6-23(20)33-22-5-3-16(11-19(22)14-28)17-8-10-29-24(13-17)30-25(32)15-1-2-15/h3,5,8,10-11,13,15,18,20,23H,1-2,4,6-7,12H2,(H,29,30,32)/t18?,20-,23+/m1/s1. The van der Waals surface area contributed by atoms with Crippen molar-refractivity contribution in [2.45, 2.75) is 50.8 Å². The van der Waals surface area contributed by atoms with Crippen molar-refractivity contribution in [1.29, 1.82) is 10.5 Å². The summed E-state index contributed by atoms with van der Waals surface area (Å²) in [4.78, 5) is 28.1. The number of hydrogen-bond acceptors (Lipinski definition) is 6. The predicted octanol–water partition coefficient (Wildman–Crippen LogP) is 4.34. The van der Waals surface area contributed by atoms with Crippen LogP contribution in [0.25, 0.3) is 11.1 Å². The predicted molar refractivity (Wildman–Crippen MR) is 118 cm³/mol. The number of alkyl halides is 1. The van der Waals surface area contributed by atoms with Crippen LogP contribution in [0, 0.1) is 34.5 Å². The zero-order chi connectivity index (χ0) is 23.4. The highest BCUT2D eigenvalue weighted by Gasteiger charge is 2.35. The first-order valence-corrected chi connectivity index (χ1v) is 11.0. The minimum Gasteiger partial charge on any atom is -0.486 e. The van der Waals surface area contributed by atoms with Crippen molar-refractivity contribution >= 4 is 17.5 Å². The van der Waals surface area contributed by atoms with Crippen molar-refractivity contribution in [2.75, 3.05) is 5.32 Å². The Morgan fingerprint density at radius 1 is 1.09 bits per heavy atom. The first-order chi connectivity index (χ1) is 16.0. The molecule has 1 unspecified atom stereocenters. The third kappa shape index (κ3) is 5.35. The van der Waals surface area contributed by atoms with E-state index in [4.69, 9.17) is 10.00 Å². The van der Waals surface area contributed by atoms with Crippen LogP contribution >= 0.6 is 0 Å². The van der Waals surface area contributed by atoms with Crippen LogP contribution in [0.5, 0.6) is 5.75 Å². The Labute approximate surface area is 191 Å². The highest BCUT2D eigenvalue weighted by molar-refractivity contribution is 5.93. The Morgan fingerprint density at radius 3 is 2.55 bits per heavy atom. The molecular formula is C25H23FN4O3. The number of halogens is 1. The quantitative estimate of drug-likeness (QED) is 0.676. The van der Waals surface area contributed by atoms with Gasteiger partial charge in [0.2, 0.25) is 5.91 Å². The Kier molecular flexibility index (Phi) is 6.65. The Morgan fingerprint density at radius 2 is 1.85 bits per heavy atom. The highest BCUT2D eigenvalue weighted by atomic mass is 19.1. The fourth-order valence-electron chi connectivity index (χ4n) is 4.05. The maximum absolute atomic E-state index is 14.7. The maximum Gasteiger partial charge on any atom is 0.228 e. The number of hydrogen-bond donors (Lipinski definition) is 1. The number of ketones is 1. The van der Waals surface area contributed by atoms with Gasteiger partial charge in [-0.15, -0.1) is 0 Å². The molecule has 168 valence electrons. The molecule has 7 nitrogen and oxygen atoms in total. The Bertz CT molecular complexity index is 1150. The number of Topliss-reactive ketones (excluding diaryl/α,β-unsaturated/α-hetero) is 1. The second-order valence-corrected chi connectivity index (χ2v) is 8.50. The van der Waals surface area contributed by atoms with Crippen LogP contribution < -0.4 is 10.1 Å². The lowest BCUT2D eigenvalue weighted by atomic mass is 9.82. The number of nitrogens with zero attached hydrogens (tertiary/aromatic N) is 3. The molecule has 2 aliphatic rings. The number of ether oxygens (including phenoxy) is 1. The zero-order valence-electron chi connectivity index (χ0n) is 18.0. The number of amides is 1. The van der Waals surface area contributed by atoms with Crippen LogP contribution in [0.2, 0.25) is 0 Å². The van der Waals surface area contributed by atoms with E-state index >= 15 is 0 Å². The molecule has 1 amide bonds. The number of nitrogens with one attached hydrogen (secondary N) is 1. The summed E-state index contributed by atoms with van der Waals surface area (Å²) >= 11 is 0.